The van der Waals surface area contributed by atoms with Crippen molar-refractivity contribution in [3.8, 4) is 0 Å². The molecule has 0 aromatic carbocycles. The molecule has 22 heavy (non-hydrogen) atoms. The number of aliphatic hydroxyl groups excluding tert-OH is 1. The van der Waals surface area contributed by atoms with Crippen molar-refractivity contribution in [2.45, 2.75) is 83.9 Å². The molecule has 130 valence electrons. The lowest BCUT2D eigenvalue weighted by molar-refractivity contribution is 0.00821. The smallest absolute Gasteiger partial charge is 0.410 e. The van der Waals surface area contributed by atoms with Crippen LogP contribution >= 0.6 is 0 Å². The van der Waals surface area contributed by atoms with Gasteiger partial charge in [-0.3, -0.25) is 0 Å². The third-order valence-electron chi connectivity index (χ3n) is 4.62. The summed E-state index contributed by atoms with van der Waals surface area (Å²) in [6.45, 7) is 11.4. The van der Waals surface area contributed by atoms with Gasteiger partial charge in [0.1, 0.15) is 5.60 Å². The van der Waals surface area contributed by atoms with Crippen LogP contribution in [0.2, 0.25) is 0 Å². The lowest BCUT2D eigenvalue weighted by Crippen LogP contribution is -2.55. The van der Waals surface area contributed by atoms with Crippen LogP contribution in [0.3, 0.4) is 0 Å². The van der Waals surface area contributed by atoms with Crippen LogP contribution in [0.5, 0.6) is 0 Å². The molecule has 0 saturated carbocycles. The summed E-state index contributed by atoms with van der Waals surface area (Å²) in [6.07, 6.45) is 4.68. The second kappa shape index (κ2) is 8.16. The molecule has 5 heteroatoms. The third kappa shape index (κ3) is 5.43. The quantitative estimate of drug-likeness (QED) is 0.791. The highest BCUT2D eigenvalue weighted by Crippen LogP contribution is 2.22. The maximum absolute atomic E-state index is 12.4. The lowest BCUT2D eigenvalue weighted by atomic mass is 9.92. The fourth-order valence-corrected chi connectivity index (χ4v) is 2.89. The van der Waals surface area contributed by atoms with Crippen molar-refractivity contribution >= 4 is 6.09 Å². The molecular weight excluding hydrogens is 280 g/mol. The molecule has 1 amide bonds. The van der Waals surface area contributed by atoms with Crippen molar-refractivity contribution in [2.24, 2.45) is 0 Å². The summed E-state index contributed by atoms with van der Waals surface area (Å²) >= 11 is 0. The second-order valence-electron chi connectivity index (χ2n) is 7.35. The van der Waals surface area contributed by atoms with Crippen LogP contribution in [0.15, 0.2) is 0 Å². The highest BCUT2D eigenvalue weighted by molar-refractivity contribution is 5.68. The van der Waals surface area contributed by atoms with Gasteiger partial charge in [0.05, 0.1) is 6.61 Å². The van der Waals surface area contributed by atoms with E-state index in [4.69, 9.17) is 4.74 Å². The van der Waals surface area contributed by atoms with Crippen molar-refractivity contribution in [2.75, 3.05) is 19.7 Å². The Balaban J connectivity index is 2.67. The monoisotopic (exact) mass is 314 g/mol. The van der Waals surface area contributed by atoms with E-state index in [-0.39, 0.29) is 24.3 Å². The van der Waals surface area contributed by atoms with Crippen LogP contribution < -0.4 is 5.32 Å². The third-order valence-corrected chi connectivity index (χ3v) is 4.62. The van der Waals surface area contributed by atoms with E-state index in [0.29, 0.717) is 6.54 Å². The van der Waals surface area contributed by atoms with E-state index in [2.05, 4.69) is 19.2 Å². The molecule has 1 unspecified atom stereocenters. The van der Waals surface area contributed by atoms with Crippen molar-refractivity contribution in [3.05, 3.63) is 0 Å². The Bertz CT molecular complexity index is 340. The SMILES string of the molecule is CCC(CC)(CO)NCC1CCCCN1C(=O)OC(C)(C)C. The topological polar surface area (TPSA) is 61.8 Å². The highest BCUT2D eigenvalue weighted by atomic mass is 16.6. The number of hydrogen-bond donors (Lipinski definition) is 2. The van der Waals surface area contributed by atoms with Gasteiger partial charge < -0.3 is 20.1 Å². The molecule has 1 heterocycles. The second-order valence-corrected chi connectivity index (χ2v) is 7.35. The maximum Gasteiger partial charge on any atom is 0.410 e. The Kier molecular flexibility index (Phi) is 7.13. The summed E-state index contributed by atoms with van der Waals surface area (Å²) in [5.74, 6) is 0. The summed E-state index contributed by atoms with van der Waals surface area (Å²) < 4.78 is 5.53. The molecule has 1 rings (SSSR count). The lowest BCUT2D eigenvalue weighted by Gasteiger charge is -2.39. The summed E-state index contributed by atoms with van der Waals surface area (Å²) in [4.78, 5) is 14.2. The van der Waals surface area contributed by atoms with Gasteiger partial charge in [-0.25, -0.2) is 4.79 Å². The number of nitrogens with one attached hydrogen (secondary N) is 1. The maximum atomic E-state index is 12.4. The number of piperidine rings is 1. The first-order valence-electron chi connectivity index (χ1n) is 8.62. The minimum absolute atomic E-state index is 0.124. The van der Waals surface area contributed by atoms with Gasteiger partial charge >= 0.3 is 6.09 Å². The zero-order valence-corrected chi connectivity index (χ0v) is 14.9. The molecule has 1 aliphatic heterocycles. The van der Waals surface area contributed by atoms with Gasteiger partial charge in [0.15, 0.2) is 0 Å². The van der Waals surface area contributed by atoms with E-state index < -0.39 is 5.60 Å². The molecular formula is C17H34N2O3. The van der Waals surface area contributed by atoms with E-state index >= 15 is 0 Å². The summed E-state index contributed by atoms with van der Waals surface area (Å²) in [5.41, 5.74) is -0.703. The number of ether oxygens (including phenoxy) is 1. The number of amides is 1. The van der Waals surface area contributed by atoms with Gasteiger partial charge in [-0.05, 0) is 52.9 Å². The predicted molar refractivity (Wildman–Crippen MR) is 89.0 cm³/mol. The van der Waals surface area contributed by atoms with Gasteiger partial charge in [-0.15, -0.1) is 0 Å². The fraction of sp³-hybridized carbons (Fsp3) is 0.941. The molecule has 0 aliphatic carbocycles. The van der Waals surface area contributed by atoms with E-state index in [0.717, 1.165) is 38.6 Å². The molecule has 0 aromatic heterocycles. The number of likely N-dealkylation sites (tertiary alicyclic amines) is 1. The van der Waals surface area contributed by atoms with Crippen LogP contribution in [0.1, 0.15) is 66.7 Å². The van der Waals surface area contributed by atoms with Crippen molar-refractivity contribution in [3.63, 3.8) is 0 Å². The van der Waals surface area contributed by atoms with Crippen LogP contribution in [-0.4, -0.2) is 53.0 Å². The van der Waals surface area contributed by atoms with Crippen LogP contribution in [0.25, 0.3) is 0 Å². The first-order chi connectivity index (χ1) is 10.3. The number of carbonyl (C=O) groups excluding carboxylic acids is 1. The highest BCUT2D eigenvalue weighted by Gasteiger charge is 2.32. The van der Waals surface area contributed by atoms with Crippen LogP contribution in [0.4, 0.5) is 4.79 Å². The van der Waals surface area contributed by atoms with Gasteiger partial charge in [0.25, 0.3) is 0 Å². The Morgan fingerprint density at radius 3 is 2.41 bits per heavy atom. The first-order valence-corrected chi connectivity index (χ1v) is 8.62. The molecule has 1 atom stereocenters. The fourth-order valence-electron chi connectivity index (χ4n) is 2.89. The van der Waals surface area contributed by atoms with Gasteiger partial charge in [-0.1, -0.05) is 13.8 Å². The molecule has 0 spiro atoms. The Morgan fingerprint density at radius 1 is 1.27 bits per heavy atom. The van der Waals surface area contributed by atoms with Crippen molar-refractivity contribution in [1.29, 1.82) is 0 Å². The van der Waals surface area contributed by atoms with E-state index in [9.17, 15) is 9.90 Å². The van der Waals surface area contributed by atoms with E-state index in [1.165, 1.54) is 0 Å². The zero-order chi connectivity index (χ0) is 16.8. The van der Waals surface area contributed by atoms with E-state index in [1.54, 1.807) is 0 Å². The number of nitrogens with zero attached hydrogens (tertiary/aromatic N) is 1. The number of hydrogen-bond acceptors (Lipinski definition) is 4. The van der Waals surface area contributed by atoms with Gasteiger partial charge in [0.2, 0.25) is 0 Å². The molecule has 1 saturated heterocycles. The standard InChI is InChI=1S/C17H34N2O3/c1-6-17(7-2,13-20)18-12-14-10-8-9-11-19(14)15(21)22-16(3,4)5/h14,18,20H,6-13H2,1-5H3. The van der Waals surface area contributed by atoms with Crippen LogP contribution in [0, 0.1) is 0 Å². The zero-order valence-electron chi connectivity index (χ0n) is 14.9. The number of aliphatic hydroxyl groups is 1. The summed E-state index contributed by atoms with van der Waals surface area (Å²) in [6, 6.07) is 0.146. The Labute approximate surface area is 135 Å². The Hall–Kier alpha value is -0.810. The molecule has 1 aliphatic rings. The average molecular weight is 314 g/mol. The minimum Gasteiger partial charge on any atom is -0.444 e. The molecule has 5 nitrogen and oxygen atoms in total. The molecule has 0 radical (unpaired) electrons. The van der Waals surface area contributed by atoms with Crippen molar-refractivity contribution in [1.82, 2.24) is 10.2 Å². The molecule has 1 fully saturated rings. The normalized spacial score (nSPS) is 20.1. The Morgan fingerprint density at radius 2 is 1.91 bits per heavy atom. The van der Waals surface area contributed by atoms with Gasteiger partial charge in [0, 0.05) is 24.7 Å². The van der Waals surface area contributed by atoms with E-state index in [1.807, 2.05) is 25.7 Å². The molecule has 0 aromatic rings. The summed E-state index contributed by atoms with van der Waals surface area (Å²) in [7, 11) is 0. The van der Waals surface area contributed by atoms with Crippen LogP contribution in [-0.2, 0) is 4.74 Å². The molecule has 2 N–H and O–H groups in total. The molecule has 0 bridgehead atoms. The predicted octanol–water partition coefficient (Wildman–Crippen LogP) is 2.92. The minimum atomic E-state index is -0.464. The first kappa shape index (κ1) is 19.2. The number of rotatable bonds is 6. The largest absolute Gasteiger partial charge is 0.444 e. The van der Waals surface area contributed by atoms with Crippen molar-refractivity contribution < 1.29 is 14.6 Å². The van der Waals surface area contributed by atoms with Gasteiger partial charge in [-0.2, -0.15) is 0 Å². The average Bonchev–Trinajstić information content (AvgIpc) is 2.48. The number of carbonyl (C=O) groups is 1. The summed E-state index contributed by atoms with van der Waals surface area (Å²) in [5, 5.41) is 13.2.